The third kappa shape index (κ3) is 1.61. The Balaban J connectivity index is 2.32. The monoisotopic (exact) mass is 171 g/mol. The van der Waals surface area contributed by atoms with Crippen LogP contribution < -0.4 is 5.73 Å². The molecule has 0 heterocycles. The Bertz CT molecular complexity index is 189. The van der Waals surface area contributed by atoms with E-state index in [2.05, 4.69) is 13.8 Å². The molecule has 0 amide bonds. The normalized spacial score (nSPS) is 32.6. The van der Waals surface area contributed by atoms with E-state index in [1.54, 1.807) is 0 Å². The lowest BCUT2D eigenvalue weighted by atomic mass is 9.57. The first kappa shape index (κ1) is 9.52. The number of carboxylic acids is 1. The molecule has 2 atom stereocenters. The number of carbonyl (C=O) groups is 1. The number of carboxylic acid groups (broad SMARTS) is 1. The summed E-state index contributed by atoms with van der Waals surface area (Å²) in [6.45, 7) is 4.24. The fourth-order valence-electron chi connectivity index (χ4n) is 1.84. The molecule has 0 saturated heterocycles. The SMILES string of the molecule is CC1(C)[C@@H](CCC(=O)O)C[C@H]1N. The molecule has 1 aliphatic rings. The number of nitrogens with two attached hydrogens (primary N) is 1. The maximum atomic E-state index is 10.3. The van der Waals surface area contributed by atoms with Gasteiger partial charge in [0.1, 0.15) is 0 Å². The lowest BCUT2D eigenvalue weighted by molar-refractivity contribution is -0.138. The highest BCUT2D eigenvalue weighted by molar-refractivity contribution is 5.66. The Kier molecular flexibility index (Phi) is 2.42. The van der Waals surface area contributed by atoms with Gasteiger partial charge in [-0.05, 0) is 24.2 Å². The van der Waals surface area contributed by atoms with E-state index < -0.39 is 5.97 Å². The topological polar surface area (TPSA) is 63.3 Å². The molecule has 0 aromatic heterocycles. The molecule has 0 bridgehead atoms. The summed E-state index contributed by atoms with van der Waals surface area (Å²) < 4.78 is 0. The second-order valence-electron chi connectivity index (χ2n) is 4.29. The van der Waals surface area contributed by atoms with Crippen molar-refractivity contribution in [2.24, 2.45) is 17.1 Å². The van der Waals surface area contributed by atoms with Crippen molar-refractivity contribution in [3.05, 3.63) is 0 Å². The minimum absolute atomic E-state index is 0.148. The van der Waals surface area contributed by atoms with Crippen LogP contribution in [0.25, 0.3) is 0 Å². The lowest BCUT2D eigenvalue weighted by Gasteiger charge is -2.50. The van der Waals surface area contributed by atoms with Gasteiger partial charge in [-0.15, -0.1) is 0 Å². The van der Waals surface area contributed by atoms with E-state index in [1.165, 1.54) is 0 Å². The van der Waals surface area contributed by atoms with Gasteiger partial charge in [0.15, 0.2) is 0 Å². The van der Waals surface area contributed by atoms with Crippen LogP contribution >= 0.6 is 0 Å². The molecule has 1 fully saturated rings. The van der Waals surface area contributed by atoms with Crippen molar-refractivity contribution in [2.75, 3.05) is 0 Å². The van der Waals surface area contributed by atoms with E-state index in [0.717, 1.165) is 12.8 Å². The minimum Gasteiger partial charge on any atom is -0.481 e. The summed E-state index contributed by atoms with van der Waals surface area (Å²) in [6, 6.07) is 0.260. The Hall–Kier alpha value is -0.570. The molecule has 0 aromatic carbocycles. The highest BCUT2D eigenvalue weighted by Crippen LogP contribution is 2.47. The van der Waals surface area contributed by atoms with Gasteiger partial charge in [-0.2, -0.15) is 0 Å². The van der Waals surface area contributed by atoms with Crippen LogP contribution in [0.4, 0.5) is 0 Å². The molecule has 12 heavy (non-hydrogen) atoms. The molecule has 1 aliphatic carbocycles. The zero-order valence-corrected chi connectivity index (χ0v) is 7.71. The molecule has 3 N–H and O–H groups in total. The molecule has 1 saturated carbocycles. The second-order valence-corrected chi connectivity index (χ2v) is 4.29. The van der Waals surface area contributed by atoms with E-state index in [9.17, 15) is 4.79 Å². The first-order valence-electron chi connectivity index (χ1n) is 4.42. The summed E-state index contributed by atoms with van der Waals surface area (Å²) in [7, 11) is 0. The molecule has 3 heteroatoms. The minimum atomic E-state index is -0.703. The van der Waals surface area contributed by atoms with Crippen LogP contribution in [-0.2, 0) is 4.79 Å². The average molecular weight is 171 g/mol. The van der Waals surface area contributed by atoms with Gasteiger partial charge in [0.05, 0.1) is 0 Å². The van der Waals surface area contributed by atoms with Crippen molar-refractivity contribution in [3.8, 4) is 0 Å². The van der Waals surface area contributed by atoms with Gasteiger partial charge in [-0.1, -0.05) is 13.8 Å². The standard InChI is InChI=1S/C9H17NO2/c1-9(2)6(5-7(9)10)3-4-8(11)12/h6-7H,3-5,10H2,1-2H3,(H,11,12)/t6-,7+/m0/s1. The first-order valence-corrected chi connectivity index (χ1v) is 4.42. The number of hydrogen-bond acceptors (Lipinski definition) is 2. The first-order chi connectivity index (χ1) is 5.44. The Labute approximate surface area is 72.9 Å². The molecule has 1 rings (SSSR count). The number of aliphatic carboxylic acids is 1. The third-order valence-corrected chi connectivity index (χ3v) is 3.25. The second kappa shape index (κ2) is 3.05. The Morgan fingerprint density at radius 2 is 2.25 bits per heavy atom. The maximum Gasteiger partial charge on any atom is 0.303 e. The molecule has 0 spiro atoms. The van der Waals surface area contributed by atoms with Crippen LogP contribution in [0, 0.1) is 11.3 Å². The van der Waals surface area contributed by atoms with Gasteiger partial charge >= 0.3 is 5.97 Å². The molecule has 0 radical (unpaired) electrons. The molecule has 3 nitrogen and oxygen atoms in total. The van der Waals surface area contributed by atoms with E-state index in [1.807, 2.05) is 0 Å². The van der Waals surface area contributed by atoms with Crippen molar-refractivity contribution >= 4 is 5.97 Å². The highest BCUT2D eigenvalue weighted by Gasteiger charge is 2.45. The number of hydrogen-bond donors (Lipinski definition) is 2. The van der Waals surface area contributed by atoms with Gasteiger partial charge in [0, 0.05) is 12.5 Å². The van der Waals surface area contributed by atoms with Crippen molar-refractivity contribution in [1.29, 1.82) is 0 Å². The Morgan fingerprint density at radius 1 is 1.67 bits per heavy atom. The van der Waals surface area contributed by atoms with Crippen LogP contribution in [0.5, 0.6) is 0 Å². The summed E-state index contributed by atoms with van der Waals surface area (Å²) in [5.41, 5.74) is 5.95. The van der Waals surface area contributed by atoms with Crippen molar-refractivity contribution in [3.63, 3.8) is 0 Å². The summed E-state index contributed by atoms with van der Waals surface area (Å²) in [5.74, 6) is -0.199. The largest absolute Gasteiger partial charge is 0.481 e. The van der Waals surface area contributed by atoms with Crippen LogP contribution in [0.2, 0.25) is 0 Å². The summed E-state index contributed by atoms with van der Waals surface area (Å²) in [4.78, 5) is 10.3. The van der Waals surface area contributed by atoms with Gasteiger partial charge in [-0.3, -0.25) is 4.79 Å². The van der Waals surface area contributed by atoms with Gasteiger partial charge in [0.25, 0.3) is 0 Å². The quantitative estimate of drug-likeness (QED) is 0.671. The Morgan fingerprint density at radius 3 is 2.58 bits per heavy atom. The van der Waals surface area contributed by atoms with Crippen LogP contribution in [0.3, 0.4) is 0 Å². The fraction of sp³-hybridized carbons (Fsp3) is 0.889. The third-order valence-electron chi connectivity index (χ3n) is 3.25. The van der Waals surface area contributed by atoms with Crippen molar-refractivity contribution in [2.45, 2.75) is 39.2 Å². The van der Waals surface area contributed by atoms with Crippen LogP contribution in [0.15, 0.2) is 0 Å². The van der Waals surface area contributed by atoms with E-state index in [-0.39, 0.29) is 17.9 Å². The average Bonchev–Trinajstić information content (AvgIpc) is 1.97. The van der Waals surface area contributed by atoms with Gasteiger partial charge < -0.3 is 10.8 Å². The smallest absolute Gasteiger partial charge is 0.303 e. The van der Waals surface area contributed by atoms with Gasteiger partial charge in [0.2, 0.25) is 0 Å². The zero-order chi connectivity index (χ0) is 9.35. The summed E-state index contributed by atoms with van der Waals surface area (Å²) >= 11 is 0. The molecule has 70 valence electrons. The summed E-state index contributed by atoms with van der Waals surface area (Å²) in [5, 5.41) is 8.49. The molecular weight excluding hydrogens is 154 g/mol. The highest BCUT2D eigenvalue weighted by atomic mass is 16.4. The van der Waals surface area contributed by atoms with Crippen LogP contribution in [0.1, 0.15) is 33.1 Å². The molecule has 0 unspecified atom stereocenters. The fourth-order valence-corrected chi connectivity index (χ4v) is 1.84. The van der Waals surface area contributed by atoms with E-state index in [4.69, 9.17) is 10.8 Å². The number of rotatable bonds is 3. The van der Waals surface area contributed by atoms with E-state index >= 15 is 0 Å². The maximum absolute atomic E-state index is 10.3. The molecule has 0 aliphatic heterocycles. The predicted molar refractivity (Wildman–Crippen MR) is 46.7 cm³/mol. The van der Waals surface area contributed by atoms with Crippen molar-refractivity contribution in [1.82, 2.24) is 0 Å². The van der Waals surface area contributed by atoms with Crippen LogP contribution in [-0.4, -0.2) is 17.1 Å². The predicted octanol–water partition coefficient (Wildman–Crippen LogP) is 1.22. The molecule has 0 aromatic rings. The van der Waals surface area contributed by atoms with E-state index in [0.29, 0.717) is 5.92 Å². The van der Waals surface area contributed by atoms with Crippen molar-refractivity contribution < 1.29 is 9.90 Å². The summed E-state index contributed by atoms with van der Waals surface area (Å²) in [6.07, 6.45) is 2.04. The van der Waals surface area contributed by atoms with Gasteiger partial charge in [-0.25, -0.2) is 0 Å². The zero-order valence-electron chi connectivity index (χ0n) is 7.71. The molecular formula is C9H17NO2. The lowest BCUT2D eigenvalue weighted by Crippen LogP contribution is -2.54.